The Labute approximate surface area is 116 Å². The van der Waals surface area contributed by atoms with Crippen molar-refractivity contribution in [3.05, 3.63) is 44.8 Å². The largest absolute Gasteiger partial charge is 0.478 e. The van der Waals surface area contributed by atoms with E-state index in [4.69, 9.17) is 0 Å². The number of nitrogens with one attached hydrogen (secondary N) is 1. The van der Waals surface area contributed by atoms with Gasteiger partial charge in [-0.2, -0.15) is 0 Å². The number of aromatic carboxylic acids is 1. The lowest BCUT2D eigenvalue weighted by molar-refractivity contribution is 0.0697. The summed E-state index contributed by atoms with van der Waals surface area (Å²) in [7, 11) is 0. The number of carboxylic acids is 1. The Kier molecular flexibility index (Phi) is 3.85. The predicted octanol–water partition coefficient (Wildman–Crippen LogP) is 3.38. The van der Waals surface area contributed by atoms with Crippen molar-refractivity contribution < 1.29 is 9.90 Å². The number of pyridine rings is 1. The van der Waals surface area contributed by atoms with E-state index in [0.717, 1.165) is 0 Å². The van der Waals surface area contributed by atoms with Gasteiger partial charge in [0.15, 0.2) is 0 Å². The molecule has 0 saturated heterocycles. The van der Waals surface area contributed by atoms with Crippen LogP contribution in [0.25, 0.3) is 0 Å². The van der Waals surface area contributed by atoms with Crippen molar-refractivity contribution in [3.8, 4) is 0 Å². The minimum Gasteiger partial charge on any atom is -0.478 e. The first kappa shape index (κ1) is 13.5. The van der Waals surface area contributed by atoms with E-state index in [9.17, 15) is 9.90 Å². The zero-order valence-corrected chi connectivity index (χ0v) is 12.0. The van der Waals surface area contributed by atoms with Crippen LogP contribution in [0.3, 0.4) is 0 Å². The van der Waals surface area contributed by atoms with Crippen LogP contribution in [0, 0.1) is 20.8 Å². The molecule has 0 radical (unpaired) electrons. The topological polar surface area (TPSA) is 62.2 Å². The van der Waals surface area contributed by atoms with Crippen LogP contribution in [0.1, 0.15) is 31.2 Å². The summed E-state index contributed by atoms with van der Waals surface area (Å²) in [6.07, 6.45) is 1.62. The maximum absolute atomic E-state index is 11.2. The first-order chi connectivity index (χ1) is 8.99. The zero-order chi connectivity index (χ0) is 14.0. The summed E-state index contributed by atoms with van der Waals surface area (Å²) in [4.78, 5) is 17.8. The fraction of sp³-hybridized carbons (Fsp3) is 0.286. The highest BCUT2D eigenvalue weighted by Gasteiger charge is 2.14. The van der Waals surface area contributed by atoms with E-state index in [0.29, 0.717) is 17.9 Å². The summed E-state index contributed by atoms with van der Waals surface area (Å²) in [6, 6.07) is 3.82. The first-order valence-electron chi connectivity index (χ1n) is 5.97. The molecule has 0 fully saturated rings. The SMILES string of the molecule is Cc1cc(CNc2nccc(C)c2C(=O)O)sc1C. The molecule has 19 heavy (non-hydrogen) atoms. The molecule has 2 heterocycles. The Morgan fingerprint density at radius 3 is 2.68 bits per heavy atom. The number of hydrogen-bond acceptors (Lipinski definition) is 4. The molecule has 0 aliphatic rings. The fourth-order valence-corrected chi connectivity index (χ4v) is 2.86. The molecule has 5 heteroatoms. The average molecular weight is 276 g/mol. The van der Waals surface area contributed by atoms with Crippen molar-refractivity contribution in [2.24, 2.45) is 0 Å². The maximum atomic E-state index is 11.2. The molecule has 0 amide bonds. The average Bonchev–Trinajstić information content (AvgIpc) is 2.65. The monoisotopic (exact) mass is 276 g/mol. The van der Waals surface area contributed by atoms with Crippen LogP contribution in [0.4, 0.5) is 5.82 Å². The van der Waals surface area contributed by atoms with E-state index >= 15 is 0 Å². The molecule has 0 atom stereocenters. The number of aryl methyl sites for hydroxylation is 3. The van der Waals surface area contributed by atoms with E-state index < -0.39 is 5.97 Å². The third-order valence-electron chi connectivity index (χ3n) is 3.02. The third-order valence-corrected chi connectivity index (χ3v) is 4.17. The number of anilines is 1. The molecule has 4 nitrogen and oxygen atoms in total. The Hall–Kier alpha value is -1.88. The van der Waals surface area contributed by atoms with Gasteiger partial charge in [-0.25, -0.2) is 9.78 Å². The van der Waals surface area contributed by atoms with Gasteiger partial charge in [-0.1, -0.05) is 0 Å². The van der Waals surface area contributed by atoms with Gasteiger partial charge in [0.1, 0.15) is 11.4 Å². The number of carbonyl (C=O) groups is 1. The molecule has 0 aromatic carbocycles. The molecule has 2 N–H and O–H groups in total. The lowest BCUT2D eigenvalue weighted by atomic mass is 10.1. The van der Waals surface area contributed by atoms with E-state index in [1.54, 1.807) is 30.5 Å². The molecular formula is C14H16N2O2S. The molecule has 0 spiro atoms. The Morgan fingerprint density at radius 1 is 1.37 bits per heavy atom. The standard InChI is InChI=1S/C14H16N2O2S/c1-8-4-5-15-13(12(8)14(17)18)16-7-11-6-9(2)10(3)19-11/h4-6H,7H2,1-3H3,(H,15,16)(H,17,18). The van der Waals surface area contributed by atoms with Gasteiger partial charge in [-0.05, 0) is 44.0 Å². The van der Waals surface area contributed by atoms with Crippen molar-refractivity contribution in [3.63, 3.8) is 0 Å². The van der Waals surface area contributed by atoms with Gasteiger partial charge in [-0.3, -0.25) is 0 Å². The first-order valence-corrected chi connectivity index (χ1v) is 6.79. The predicted molar refractivity (Wildman–Crippen MR) is 77.1 cm³/mol. The number of thiophene rings is 1. The van der Waals surface area contributed by atoms with Crippen LogP contribution in [0.5, 0.6) is 0 Å². The molecule has 0 saturated carbocycles. The van der Waals surface area contributed by atoms with Crippen LogP contribution in [0.2, 0.25) is 0 Å². The quantitative estimate of drug-likeness (QED) is 0.898. The second-order valence-corrected chi connectivity index (χ2v) is 5.80. The third kappa shape index (κ3) is 2.93. The Bertz CT molecular complexity index is 600. The van der Waals surface area contributed by atoms with Crippen molar-refractivity contribution in [2.75, 3.05) is 5.32 Å². The lowest BCUT2D eigenvalue weighted by Crippen LogP contribution is -2.09. The zero-order valence-electron chi connectivity index (χ0n) is 11.2. The van der Waals surface area contributed by atoms with Crippen molar-refractivity contribution in [1.82, 2.24) is 4.98 Å². The molecule has 0 aliphatic heterocycles. The normalized spacial score (nSPS) is 10.5. The lowest BCUT2D eigenvalue weighted by Gasteiger charge is -2.09. The molecule has 100 valence electrons. The summed E-state index contributed by atoms with van der Waals surface area (Å²) >= 11 is 1.71. The van der Waals surface area contributed by atoms with Gasteiger partial charge >= 0.3 is 5.97 Å². The smallest absolute Gasteiger partial charge is 0.339 e. The number of hydrogen-bond donors (Lipinski definition) is 2. The van der Waals surface area contributed by atoms with Gasteiger partial charge in [-0.15, -0.1) is 11.3 Å². The molecule has 2 aromatic rings. The van der Waals surface area contributed by atoms with E-state index in [1.165, 1.54) is 15.3 Å². The summed E-state index contributed by atoms with van der Waals surface area (Å²) in [5, 5.41) is 12.3. The summed E-state index contributed by atoms with van der Waals surface area (Å²) in [5.41, 5.74) is 2.22. The fourth-order valence-electron chi connectivity index (χ4n) is 1.87. The van der Waals surface area contributed by atoms with Gasteiger partial charge in [0, 0.05) is 16.0 Å². The van der Waals surface area contributed by atoms with Crippen molar-refractivity contribution >= 4 is 23.1 Å². The van der Waals surface area contributed by atoms with Gasteiger partial charge < -0.3 is 10.4 Å². The molecule has 0 bridgehead atoms. The van der Waals surface area contributed by atoms with E-state index in [1.807, 2.05) is 0 Å². The number of carboxylic acid groups (broad SMARTS) is 1. The minimum absolute atomic E-state index is 0.243. The molecule has 0 aliphatic carbocycles. The highest BCUT2D eigenvalue weighted by atomic mass is 32.1. The molecular weight excluding hydrogens is 260 g/mol. The minimum atomic E-state index is -0.952. The van der Waals surface area contributed by atoms with Crippen molar-refractivity contribution in [1.29, 1.82) is 0 Å². The highest BCUT2D eigenvalue weighted by Crippen LogP contribution is 2.23. The highest BCUT2D eigenvalue weighted by molar-refractivity contribution is 7.12. The molecule has 2 rings (SSSR count). The van der Waals surface area contributed by atoms with Crippen LogP contribution in [-0.2, 0) is 6.54 Å². The maximum Gasteiger partial charge on any atom is 0.339 e. The summed E-state index contributed by atoms with van der Waals surface area (Å²) in [5.74, 6) is -0.525. The van der Waals surface area contributed by atoms with E-state index in [2.05, 4.69) is 30.2 Å². The van der Waals surface area contributed by atoms with Crippen LogP contribution in [-0.4, -0.2) is 16.1 Å². The van der Waals surface area contributed by atoms with E-state index in [-0.39, 0.29) is 5.56 Å². The second-order valence-electron chi connectivity index (χ2n) is 4.46. The number of nitrogens with zero attached hydrogens (tertiary/aromatic N) is 1. The van der Waals surface area contributed by atoms with Crippen molar-refractivity contribution in [2.45, 2.75) is 27.3 Å². The molecule has 0 unspecified atom stereocenters. The number of aromatic nitrogens is 1. The van der Waals surface area contributed by atoms with Gasteiger partial charge in [0.2, 0.25) is 0 Å². The molecule has 2 aromatic heterocycles. The van der Waals surface area contributed by atoms with Gasteiger partial charge in [0.25, 0.3) is 0 Å². The second kappa shape index (κ2) is 5.40. The van der Waals surface area contributed by atoms with Crippen LogP contribution < -0.4 is 5.32 Å². The Morgan fingerprint density at radius 2 is 2.11 bits per heavy atom. The van der Waals surface area contributed by atoms with Crippen LogP contribution >= 0.6 is 11.3 Å². The summed E-state index contributed by atoms with van der Waals surface area (Å²) in [6.45, 7) is 6.52. The van der Waals surface area contributed by atoms with Crippen LogP contribution in [0.15, 0.2) is 18.3 Å². The Balaban J connectivity index is 2.20. The van der Waals surface area contributed by atoms with Gasteiger partial charge in [0.05, 0.1) is 6.54 Å². The number of rotatable bonds is 4. The summed E-state index contributed by atoms with van der Waals surface area (Å²) < 4.78 is 0.